The van der Waals surface area contributed by atoms with Gasteiger partial charge < -0.3 is 19.5 Å². The Hall–Kier alpha value is -1.49. The summed E-state index contributed by atoms with van der Waals surface area (Å²) in [4.78, 5) is 13.9. The molecule has 1 aromatic heterocycles. The summed E-state index contributed by atoms with van der Waals surface area (Å²) in [5.74, 6) is 0. The third-order valence-corrected chi connectivity index (χ3v) is 3.56. The molecule has 0 saturated carbocycles. The quantitative estimate of drug-likeness (QED) is 0.931. The van der Waals surface area contributed by atoms with Crippen molar-refractivity contribution in [3.8, 4) is 0 Å². The fourth-order valence-corrected chi connectivity index (χ4v) is 2.56. The Morgan fingerprint density at radius 2 is 2.24 bits per heavy atom. The molecule has 1 N–H and O–H groups in total. The number of carbonyl (C=O) groups is 1. The summed E-state index contributed by atoms with van der Waals surface area (Å²) in [5, 5.41) is 3.54. The predicted octanol–water partition coefficient (Wildman–Crippen LogP) is 2.51. The number of nitrogens with zero attached hydrogens (tertiary/aromatic N) is 2. The SMILES string of the molecule is Cn1ccc(CNC2CCCN(C(=O)OC(C)(C)C)C2)c1. The Kier molecular flexibility index (Phi) is 4.93. The third kappa shape index (κ3) is 5.08. The van der Waals surface area contributed by atoms with E-state index in [2.05, 4.69) is 17.6 Å². The lowest BCUT2D eigenvalue weighted by atomic mass is 10.1. The first-order valence-electron chi connectivity index (χ1n) is 7.66. The van der Waals surface area contributed by atoms with Crippen LogP contribution in [0.25, 0.3) is 0 Å². The third-order valence-electron chi connectivity index (χ3n) is 3.56. The lowest BCUT2D eigenvalue weighted by Gasteiger charge is -2.34. The van der Waals surface area contributed by atoms with Gasteiger partial charge in [0.2, 0.25) is 0 Å². The van der Waals surface area contributed by atoms with Gasteiger partial charge in [-0.15, -0.1) is 0 Å². The van der Waals surface area contributed by atoms with Crippen LogP contribution in [0.3, 0.4) is 0 Å². The molecule has 1 atom stereocenters. The fourth-order valence-electron chi connectivity index (χ4n) is 2.56. The van der Waals surface area contributed by atoms with Crippen LogP contribution in [0.5, 0.6) is 0 Å². The van der Waals surface area contributed by atoms with Crippen molar-refractivity contribution in [3.05, 3.63) is 24.0 Å². The van der Waals surface area contributed by atoms with Crippen molar-refractivity contribution in [2.24, 2.45) is 7.05 Å². The molecule has 0 spiro atoms. The summed E-state index contributed by atoms with van der Waals surface area (Å²) in [6.07, 6.45) is 6.08. The van der Waals surface area contributed by atoms with Crippen molar-refractivity contribution < 1.29 is 9.53 Å². The molecule has 2 heterocycles. The van der Waals surface area contributed by atoms with E-state index >= 15 is 0 Å². The second-order valence-corrected chi connectivity index (χ2v) is 6.83. The minimum Gasteiger partial charge on any atom is -0.444 e. The number of aryl methyl sites for hydroxylation is 1. The van der Waals surface area contributed by atoms with Crippen molar-refractivity contribution >= 4 is 6.09 Å². The van der Waals surface area contributed by atoms with Gasteiger partial charge in [0.25, 0.3) is 0 Å². The Balaban J connectivity index is 1.81. The second-order valence-electron chi connectivity index (χ2n) is 6.83. The molecule has 1 aliphatic heterocycles. The molecule has 118 valence electrons. The number of hydrogen-bond acceptors (Lipinski definition) is 3. The zero-order valence-corrected chi connectivity index (χ0v) is 13.6. The molecule has 0 aromatic carbocycles. The molecule has 1 amide bonds. The average molecular weight is 293 g/mol. The van der Waals surface area contributed by atoms with E-state index in [0.717, 1.165) is 32.5 Å². The smallest absolute Gasteiger partial charge is 0.410 e. The maximum atomic E-state index is 12.1. The number of amides is 1. The van der Waals surface area contributed by atoms with Crippen molar-refractivity contribution in [1.29, 1.82) is 0 Å². The van der Waals surface area contributed by atoms with Gasteiger partial charge in [-0.3, -0.25) is 0 Å². The zero-order valence-electron chi connectivity index (χ0n) is 13.6. The van der Waals surface area contributed by atoms with Gasteiger partial charge in [0, 0.05) is 45.1 Å². The van der Waals surface area contributed by atoms with Gasteiger partial charge in [-0.25, -0.2) is 4.79 Å². The van der Waals surface area contributed by atoms with Gasteiger partial charge in [-0.2, -0.15) is 0 Å². The molecule has 1 unspecified atom stereocenters. The molecule has 5 nitrogen and oxygen atoms in total. The summed E-state index contributed by atoms with van der Waals surface area (Å²) >= 11 is 0. The molecule has 1 aliphatic rings. The van der Waals surface area contributed by atoms with Crippen molar-refractivity contribution in [3.63, 3.8) is 0 Å². The molecule has 5 heteroatoms. The summed E-state index contributed by atoms with van der Waals surface area (Å²) in [7, 11) is 2.02. The maximum absolute atomic E-state index is 12.1. The summed E-state index contributed by atoms with van der Waals surface area (Å²) in [6, 6.07) is 2.45. The minimum absolute atomic E-state index is 0.200. The van der Waals surface area contributed by atoms with E-state index in [1.54, 1.807) is 0 Å². The number of hydrogen-bond donors (Lipinski definition) is 1. The Morgan fingerprint density at radius 3 is 2.86 bits per heavy atom. The summed E-state index contributed by atoms with van der Waals surface area (Å²) in [6.45, 7) is 8.06. The van der Waals surface area contributed by atoms with Crippen LogP contribution in [-0.2, 0) is 18.3 Å². The average Bonchev–Trinajstić information content (AvgIpc) is 2.81. The van der Waals surface area contributed by atoms with Crippen LogP contribution in [0.2, 0.25) is 0 Å². The van der Waals surface area contributed by atoms with Crippen molar-refractivity contribution in [1.82, 2.24) is 14.8 Å². The largest absolute Gasteiger partial charge is 0.444 e. The van der Waals surface area contributed by atoms with E-state index in [1.165, 1.54) is 5.56 Å². The van der Waals surface area contributed by atoms with Crippen molar-refractivity contribution in [2.45, 2.75) is 51.8 Å². The molecule has 0 aliphatic carbocycles. The number of ether oxygens (including phenoxy) is 1. The fraction of sp³-hybridized carbons (Fsp3) is 0.688. The van der Waals surface area contributed by atoms with E-state index in [4.69, 9.17) is 4.74 Å². The first kappa shape index (κ1) is 15.9. The van der Waals surface area contributed by atoms with E-state index in [9.17, 15) is 4.79 Å². The normalized spacial score (nSPS) is 19.6. The second kappa shape index (κ2) is 6.52. The Morgan fingerprint density at radius 1 is 1.48 bits per heavy atom. The molecule has 1 fully saturated rings. The van der Waals surface area contributed by atoms with Gasteiger partial charge >= 0.3 is 6.09 Å². The van der Waals surface area contributed by atoms with Crippen LogP contribution in [0, 0.1) is 0 Å². The Labute approximate surface area is 127 Å². The van der Waals surface area contributed by atoms with Crippen LogP contribution in [0.4, 0.5) is 4.79 Å². The van der Waals surface area contributed by atoms with Gasteiger partial charge in [0.1, 0.15) is 5.60 Å². The van der Waals surface area contributed by atoms with Gasteiger partial charge in [0.05, 0.1) is 0 Å². The predicted molar refractivity (Wildman–Crippen MR) is 83.1 cm³/mol. The van der Waals surface area contributed by atoms with Crippen LogP contribution in [0.1, 0.15) is 39.2 Å². The number of piperidine rings is 1. The van der Waals surface area contributed by atoms with Crippen LogP contribution >= 0.6 is 0 Å². The number of likely N-dealkylation sites (tertiary alicyclic amines) is 1. The van der Waals surface area contributed by atoms with Crippen molar-refractivity contribution in [2.75, 3.05) is 13.1 Å². The van der Waals surface area contributed by atoms with E-state index in [-0.39, 0.29) is 6.09 Å². The van der Waals surface area contributed by atoms with E-state index < -0.39 is 5.60 Å². The number of rotatable bonds is 3. The minimum atomic E-state index is -0.429. The maximum Gasteiger partial charge on any atom is 0.410 e. The highest BCUT2D eigenvalue weighted by Gasteiger charge is 2.27. The highest BCUT2D eigenvalue weighted by molar-refractivity contribution is 5.68. The molecular weight excluding hydrogens is 266 g/mol. The molecule has 0 bridgehead atoms. The molecular formula is C16H27N3O2. The molecule has 1 aromatic rings. The lowest BCUT2D eigenvalue weighted by Crippen LogP contribution is -2.49. The van der Waals surface area contributed by atoms with Gasteiger partial charge in [0.15, 0.2) is 0 Å². The van der Waals surface area contributed by atoms with Gasteiger partial charge in [-0.1, -0.05) is 0 Å². The number of carbonyl (C=O) groups excluding carboxylic acids is 1. The van der Waals surface area contributed by atoms with E-state index in [0.29, 0.717) is 6.04 Å². The summed E-state index contributed by atoms with van der Waals surface area (Å²) < 4.78 is 7.49. The first-order valence-corrected chi connectivity index (χ1v) is 7.66. The van der Waals surface area contributed by atoms with E-state index in [1.807, 2.05) is 43.5 Å². The molecule has 1 saturated heterocycles. The topological polar surface area (TPSA) is 46.5 Å². The number of nitrogens with one attached hydrogen (secondary N) is 1. The monoisotopic (exact) mass is 293 g/mol. The molecule has 0 radical (unpaired) electrons. The first-order chi connectivity index (χ1) is 9.83. The van der Waals surface area contributed by atoms with Crippen LogP contribution in [0.15, 0.2) is 18.5 Å². The summed E-state index contributed by atoms with van der Waals surface area (Å²) in [5.41, 5.74) is 0.841. The molecule has 2 rings (SSSR count). The standard InChI is InChI=1S/C16H27N3O2/c1-16(2,3)21-15(20)19-8-5-6-14(12-19)17-10-13-7-9-18(4)11-13/h7,9,11,14,17H,5-6,8,10,12H2,1-4H3. The Bertz CT molecular complexity index is 476. The zero-order chi connectivity index (χ0) is 15.5. The molecule has 21 heavy (non-hydrogen) atoms. The highest BCUT2D eigenvalue weighted by Crippen LogP contribution is 2.15. The van der Waals surface area contributed by atoms with Crippen LogP contribution in [-0.4, -0.2) is 40.3 Å². The highest BCUT2D eigenvalue weighted by atomic mass is 16.6. The lowest BCUT2D eigenvalue weighted by molar-refractivity contribution is 0.0187. The van der Waals surface area contributed by atoms with Gasteiger partial charge in [-0.05, 0) is 45.2 Å². The van der Waals surface area contributed by atoms with Crippen LogP contribution < -0.4 is 5.32 Å². The number of aromatic nitrogens is 1.